The molecule has 2 heteroatoms. The van der Waals surface area contributed by atoms with Crippen LogP contribution in [0.4, 0.5) is 0 Å². The van der Waals surface area contributed by atoms with E-state index in [9.17, 15) is 0 Å². The molecule has 1 fully saturated rings. The molecule has 0 aromatic rings. The van der Waals surface area contributed by atoms with E-state index in [1.807, 2.05) is 0 Å². The Hall–Kier alpha value is -0.0800. The highest BCUT2D eigenvalue weighted by Gasteiger charge is 2.18. The lowest BCUT2D eigenvalue weighted by atomic mass is 10.0. The summed E-state index contributed by atoms with van der Waals surface area (Å²) in [6, 6.07) is 0.747. The largest absolute Gasteiger partial charge is 0.314 e. The van der Waals surface area contributed by atoms with E-state index >= 15 is 0 Å². The van der Waals surface area contributed by atoms with Crippen molar-refractivity contribution in [2.24, 2.45) is 5.92 Å². The normalized spacial score (nSPS) is 24.0. The topological polar surface area (TPSA) is 15.3 Å². The maximum Gasteiger partial charge on any atom is 0.0110 e. The Balaban J connectivity index is 2.32. The Morgan fingerprint density at radius 1 is 1.09 bits per heavy atom. The smallest absolute Gasteiger partial charge is 0.0110 e. The third-order valence-electron chi connectivity index (χ3n) is 2.69. The monoisotopic (exact) mass is 156 g/mol. The number of hydrogen-bond donors (Lipinski definition) is 1. The summed E-state index contributed by atoms with van der Waals surface area (Å²) in [6.45, 7) is 11.7. The zero-order chi connectivity index (χ0) is 8.27. The molecular weight excluding hydrogens is 136 g/mol. The summed E-state index contributed by atoms with van der Waals surface area (Å²) in [5.74, 6) is 0.785. The summed E-state index contributed by atoms with van der Waals surface area (Å²) >= 11 is 0. The van der Waals surface area contributed by atoms with Crippen molar-refractivity contribution in [3.05, 3.63) is 0 Å². The molecule has 0 aromatic heterocycles. The van der Waals surface area contributed by atoms with E-state index in [0.29, 0.717) is 0 Å². The summed E-state index contributed by atoms with van der Waals surface area (Å²) < 4.78 is 0. The van der Waals surface area contributed by atoms with Crippen molar-refractivity contribution in [2.45, 2.75) is 26.8 Å². The first-order chi connectivity index (χ1) is 5.22. The van der Waals surface area contributed by atoms with Gasteiger partial charge in [-0.25, -0.2) is 0 Å². The van der Waals surface area contributed by atoms with Crippen LogP contribution >= 0.6 is 0 Å². The minimum Gasteiger partial charge on any atom is -0.314 e. The van der Waals surface area contributed by atoms with Crippen molar-refractivity contribution in [1.82, 2.24) is 10.2 Å². The molecular formula is C9H20N2. The van der Waals surface area contributed by atoms with Crippen LogP contribution in [-0.4, -0.2) is 37.1 Å². The molecule has 0 radical (unpaired) electrons. The van der Waals surface area contributed by atoms with Gasteiger partial charge in [0.1, 0.15) is 0 Å². The van der Waals surface area contributed by atoms with E-state index in [4.69, 9.17) is 0 Å². The Morgan fingerprint density at radius 3 is 2.09 bits per heavy atom. The second-order valence-electron chi connectivity index (χ2n) is 3.77. The summed E-state index contributed by atoms with van der Waals surface area (Å²) in [6.07, 6.45) is 0. The number of rotatable bonds is 2. The van der Waals surface area contributed by atoms with Crippen molar-refractivity contribution in [3.63, 3.8) is 0 Å². The average molecular weight is 156 g/mol. The maximum atomic E-state index is 3.37. The van der Waals surface area contributed by atoms with E-state index in [1.165, 1.54) is 13.1 Å². The first-order valence-corrected chi connectivity index (χ1v) is 4.66. The highest BCUT2D eigenvalue weighted by molar-refractivity contribution is 4.75. The Kier molecular flexibility index (Phi) is 3.34. The molecule has 0 bridgehead atoms. The van der Waals surface area contributed by atoms with Gasteiger partial charge in [-0.15, -0.1) is 0 Å². The van der Waals surface area contributed by atoms with Crippen LogP contribution < -0.4 is 5.32 Å². The van der Waals surface area contributed by atoms with E-state index in [0.717, 1.165) is 25.0 Å². The fraction of sp³-hybridized carbons (Fsp3) is 1.00. The minimum absolute atomic E-state index is 0.747. The van der Waals surface area contributed by atoms with Gasteiger partial charge in [-0.3, -0.25) is 4.90 Å². The third kappa shape index (κ3) is 2.46. The van der Waals surface area contributed by atoms with Crippen LogP contribution in [0, 0.1) is 5.92 Å². The SMILES string of the molecule is CC(C)[C@H](C)N1CCNCC1. The van der Waals surface area contributed by atoms with Crippen LogP contribution in [0.25, 0.3) is 0 Å². The van der Waals surface area contributed by atoms with Gasteiger partial charge >= 0.3 is 0 Å². The second kappa shape index (κ2) is 4.07. The van der Waals surface area contributed by atoms with Crippen molar-refractivity contribution in [3.8, 4) is 0 Å². The summed E-state index contributed by atoms with van der Waals surface area (Å²) in [5, 5.41) is 3.37. The van der Waals surface area contributed by atoms with Crippen LogP contribution in [0.5, 0.6) is 0 Å². The van der Waals surface area contributed by atoms with Crippen molar-refractivity contribution < 1.29 is 0 Å². The quantitative estimate of drug-likeness (QED) is 0.640. The number of hydrogen-bond acceptors (Lipinski definition) is 2. The van der Waals surface area contributed by atoms with E-state index in [-0.39, 0.29) is 0 Å². The van der Waals surface area contributed by atoms with Gasteiger partial charge in [-0.1, -0.05) is 13.8 Å². The molecule has 0 aromatic carbocycles. The number of piperazine rings is 1. The molecule has 66 valence electrons. The molecule has 0 saturated carbocycles. The number of nitrogens with zero attached hydrogens (tertiary/aromatic N) is 1. The fourth-order valence-electron chi connectivity index (χ4n) is 1.51. The highest BCUT2D eigenvalue weighted by atomic mass is 15.2. The molecule has 1 rings (SSSR count). The lowest BCUT2D eigenvalue weighted by Gasteiger charge is -2.34. The molecule has 2 nitrogen and oxygen atoms in total. The lowest BCUT2D eigenvalue weighted by Crippen LogP contribution is -2.48. The van der Waals surface area contributed by atoms with Crippen LogP contribution in [0.3, 0.4) is 0 Å². The van der Waals surface area contributed by atoms with E-state index < -0.39 is 0 Å². The Bertz CT molecular complexity index is 106. The van der Waals surface area contributed by atoms with Gasteiger partial charge in [0, 0.05) is 32.2 Å². The predicted molar refractivity (Wildman–Crippen MR) is 48.7 cm³/mol. The minimum atomic E-state index is 0.747. The summed E-state index contributed by atoms with van der Waals surface area (Å²) in [5.41, 5.74) is 0. The standard InChI is InChI=1S/C9H20N2/c1-8(2)9(3)11-6-4-10-5-7-11/h8-10H,4-7H2,1-3H3/t9-/m0/s1. The van der Waals surface area contributed by atoms with E-state index in [1.54, 1.807) is 0 Å². The summed E-state index contributed by atoms with van der Waals surface area (Å²) in [4.78, 5) is 2.57. The van der Waals surface area contributed by atoms with E-state index in [2.05, 4.69) is 31.0 Å². The average Bonchev–Trinajstić information content (AvgIpc) is 2.05. The maximum absolute atomic E-state index is 3.37. The fourth-order valence-corrected chi connectivity index (χ4v) is 1.51. The molecule has 1 aliphatic rings. The highest BCUT2D eigenvalue weighted by Crippen LogP contribution is 2.09. The molecule has 1 aliphatic heterocycles. The third-order valence-corrected chi connectivity index (χ3v) is 2.69. The molecule has 0 amide bonds. The van der Waals surface area contributed by atoms with Crippen molar-refractivity contribution in [2.75, 3.05) is 26.2 Å². The van der Waals surface area contributed by atoms with Gasteiger partial charge in [0.15, 0.2) is 0 Å². The summed E-state index contributed by atoms with van der Waals surface area (Å²) in [7, 11) is 0. The molecule has 11 heavy (non-hydrogen) atoms. The van der Waals surface area contributed by atoms with Gasteiger partial charge < -0.3 is 5.32 Å². The molecule has 1 heterocycles. The second-order valence-corrected chi connectivity index (χ2v) is 3.77. The van der Waals surface area contributed by atoms with Crippen LogP contribution in [-0.2, 0) is 0 Å². The van der Waals surface area contributed by atoms with Gasteiger partial charge in [-0.05, 0) is 12.8 Å². The predicted octanol–water partition coefficient (Wildman–Crippen LogP) is 0.936. The zero-order valence-electron chi connectivity index (χ0n) is 7.93. The first-order valence-electron chi connectivity index (χ1n) is 4.66. The molecule has 1 N–H and O–H groups in total. The zero-order valence-corrected chi connectivity index (χ0v) is 7.93. The molecule has 1 atom stereocenters. The van der Waals surface area contributed by atoms with Gasteiger partial charge in [0.2, 0.25) is 0 Å². The van der Waals surface area contributed by atoms with Gasteiger partial charge in [-0.2, -0.15) is 0 Å². The number of nitrogens with one attached hydrogen (secondary N) is 1. The van der Waals surface area contributed by atoms with Crippen molar-refractivity contribution in [1.29, 1.82) is 0 Å². The molecule has 0 unspecified atom stereocenters. The van der Waals surface area contributed by atoms with Gasteiger partial charge in [0.25, 0.3) is 0 Å². The van der Waals surface area contributed by atoms with Crippen LogP contribution in [0.15, 0.2) is 0 Å². The van der Waals surface area contributed by atoms with Crippen LogP contribution in [0.2, 0.25) is 0 Å². The van der Waals surface area contributed by atoms with Crippen molar-refractivity contribution >= 4 is 0 Å². The molecule has 0 aliphatic carbocycles. The Labute approximate surface area is 70.0 Å². The van der Waals surface area contributed by atoms with Gasteiger partial charge in [0.05, 0.1) is 0 Å². The van der Waals surface area contributed by atoms with Crippen LogP contribution in [0.1, 0.15) is 20.8 Å². The molecule has 0 spiro atoms. The lowest BCUT2D eigenvalue weighted by molar-refractivity contribution is 0.149. The Morgan fingerprint density at radius 2 is 1.64 bits per heavy atom. The first kappa shape index (κ1) is 9.01. The molecule has 1 saturated heterocycles.